The molecular formula is C18H16N4O4. The average molecular weight is 352 g/mol. The number of rotatable bonds is 3. The molecule has 4 rings (SSSR count). The van der Waals surface area contributed by atoms with Gasteiger partial charge in [-0.3, -0.25) is 20.4 Å². The van der Waals surface area contributed by atoms with Crippen molar-refractivity contribution in [1.29, 1.82) is 0 Å². The van der Waals surface area contributed by atoms with Crippen molar-refractivity contribution in [3.63, 3.8) is 0 Å². The number of benzene rings is 1. The summed E-state index contributed by atoms with van der Waals surface area (Å²) in [6.07, 6.45) is 0.660. The molecule has 1 aliphatic rings. The van der Waals surface area contributed by atoms with Crippen LogP contribution < -0.4 is 10.9 Å². The molecular weight excluding hydrogens is 336 g/mol. The molecule has 0 aliphatic heterocycles. The molecule has 8 nitrogen and oxygen atoms in total. The molecule has 0 saturated heterocycles. The van der Waals surface area contributed by atoms with E-state index in [4.69, 9.17) is 9.05 Å². The van der Waals surface area contributed by atoms with E-state index in [2.05, 4.69) is 21.2 Å². The maximum Gasteiger partial charge on any atom is 0.275 e. The standard InChI is InChI=1S/C18H16N4O4/c1-9-7-14(22-25-9)16-15(10(2)21-26-16)18(24)20-19-17(23)13-8-11-5-3-4-6-12(11)13/h3-7,13H,8H2,1-2H3,(H,19,23)(H,20,24). The van der Waals surface area contributed by atoms with Gasteiger partial charge in [0.1, 0.15) is 11.3 Å². The van der Waals surface area contributed by atoms with Gasteiger partial charge in [-0.15, -0.1) is 0 Å². The third-order valence-electron chi connectivity index (χ3n) is 4.42. The lowest BCUT2D eigenvalue weighted by molar-refractivity contribution is -0.123. The van der Waals surface area contributed by atoms with Gasteiger partial charge >= 0.3 is 0 Å². The topological polar surface area (TPSA) is 110 Å². The molecule has 8 heteroatoms. The molecule has 2 aromatic heterocycles. The molecule has 2 amide bonds. The third kappa shape index (κ3) is 2.65. The molecule has 1 atom stereocenters. The Labute approximate surface area is 148 Å². The molecule has 1 unspecified atom stereocenters. The molecule has 132 valence electrons. The van der Waals surface area contributed by atoms with E-state index in [1.165, 1.54) is 0 Å². The van der Waals surface area contributed by atoms with Gasteiger partial charge in [-0.25, -0.2) is 0 Å². The first-order chi connectivity index (χ1) is 12.5. The van der Waals surface area contributed by atoms with Crippen molar-refractivity contribution in [1.82, 2.24) is 21.2 Å². The summed E-state index contributed by atoms with van der Waals surface area (Å²) in [5, 5.41) is 7.65. The third-order valence-corrected chi connectivity index (χ3v) is 4.42. The van der Waals surface area contributed by atoms with E-state index in [-0.39, 0.29) is 23.1 Å². The van der Waals surface area contributed by atoms with Crippen LogP contribution in [-0.2, 0) is 11.2 Å². The average Bonchev–Trinajstić information content (AvgIpc) is 3.19. The van der Waals surface area contributed by atoms with Crippen LogP contribution in [0.4, 0.5) is 0 Å². The molecule has 0 fully saturated rings. The van der Waals surface area contributed by atoms with E-state index in [0.717, 1.165) is 11.1 Å². The van der Waals surface area contributed by atoms with Gasteiger partial charge in [0.15, 0.2) is 5.69 Å². The SMILES string of the molecule is Cc1cc(-c2onc(C)c2C(=O)NNC(=O)C2Cc3ccccc32)no1. The number of nitrogens with zero attached hydrogens (tertiary/aromatic N) is 2. The number of amides is 2. The molecule has 0 spiro atoms. The van der Waals surface area contributed by atoms with Crippen molar-refractivity contribution < 1.29 is 18.6 Å². The predicted molar refractivity (Wildman–Crippen MR) is 90.0 cm³/mol. The van der Waals surface area contributed by atoms with Gasteiger partial charge < -0.3 is 9.05 Å². The lowest BCUT2D eigenvalue weighted by Crippen LogP contribution is -2.46. The van der Waals surface area contributed by atoms with Gasteiger partial charge in [0, 0.05) is 6.07 Å². The zero-order valence-electron chi connectivity index (χ0n) is 14.2. The number of aromatic nitrogens is 2. The minimum absolute atomic E-state index is 0.195. The summed E-state index contributed by atoms with van der Waals surface area (Å²) >= 11 is 0. The van der Waals surface area contributed by atoms with Crippen molar-refractivity contribution in [3.05, 3.63) is 58.5 Å². The van der Waals surface area contributed by atoms with Crippen LogP contribution >= 0.6 is 0 Å². The van der Waals surface area contributed by atoms with Gasteiger partial charge in [-0.2, -0.15) is 0 Å². The Hall–Kier alpha value is -3.42. The summed E-state index contributed by atoms with van der Waals surface area (Å²) in [4.78, 5) is 24.8. The Kier molecular flexibility index (Phi) is 3.80. The van der Waals surface area contributed by atoms with Crippen molar-refractivity contribution in [2.45, 2.75) is 26.2 Å². The molecule has 1 aliphatic carbocycles. The van der Waals surface area contributed by atoms with Crippen molar-refractivity contribution in [2.24, 2.45) is 0 Å². The Morgan fingerprint density at radius 3 is 2.65 bits per heavy atom. The lowest BCUT2D eigenvalue weighted by Gasteiger charge is -2.28. The second-order valence-corrected chi connectivity index (χ2v) is 6.19. The van der Waals surface area contributed by atoms with Crippen LogP contribution in [0.1, 0.15) is 38.9 Å². The number of hydrogen-bond donors (Lipinski definition) is 2. The van der Waals surface area contributed by atoms with Crippen molar-refractivity contribution >= 4 is 11.8 Å². The fourth-order valence-corrected chi connectivity index (χ4v) is 3.05. The first kappa shape index (κ1) is 16.1. The highest BCUT2D eigenvalue weighted by Gasteiger charge is 2.32. The van der Waals surface area contributed by atoms with Gasteiger partial charge in [0.25, 0.3) is 5.91 Å². The predicted octanol–water partition coefficient (Wildman–Crippen LogP) is 2.05. The Balaban J connectivity index is 1.46. The fourth-order valence-electron chi connectivity index (χ4n) is 3.05. The van der Waals surface area contributed by atoms with E-state index >= 15 is 0 Å². The molecule has 26 heavy (non-hydrogen) atoms. The van der Waals surface area contributed by atoms with Crippen LogP contribution in [-0.4, -0.2) is 22.1 Å². The maximum absolute atomic E-state index is 12.5. The molecule has 3 aromatic rings. The van der Waals surface area contributed by atoms with Gasteiger partial charge in [0.05, 0.1) is 11.6 Å². The summed E-state index contributed by atoms with van der Waals surface area (Å²) in [6, 6.07) is 9.38. The van der Waals surface area contributed by atoms with Crippen molar-refractivity contribution in [2.75, 3.05) is 0 Å². The quantitative estimate of drug-likeness (QED) is 0.698. The van der Waals surface area contributed by atoms with E-state index in [1.807, 2.05) is 24.3 Å². The van der Waals surface area contributed by atoms with E-state index in [9.17, 15) is 9.59 Å². The van der Waals surface area contributed by atoms with Gasteiger partial charge in [0.2, 0.25) is 11.7 Å². The number of aryl methyl sites for hydroxylation is 2. The zero-order chi connectivity index (χ0) is 18.3. The first-order valence-corrected chi connectivity index (χ1v) is 8.12. The monoisotopic (exact) mass is 352 g/mol. The van der Waals surface area contributed by atoms with Crippen LogP contribution in [0.2, 0.25) is 0 Å². The van der Waals surface area contributed by atoms with Crippen LogP contribution in [0.3, 0.4) is 0 Å². The molecule has 2 heterocycles. The number of carbonyl (C=O) groups is 2. The summed E-state index contributed by atoms with van der Waals surface area (Å²) in [6.45, 7) is 3.37. The Bertz CT molecular complexity index is 1000. The zero-order valence-corrected chi connectivity index (χ0v) is 14.2. The minimum Gasteiger partial charge on any atom is -0.361 e. The molecule has 1 aromatic carbocycles. The largest absolute Gasteiger partial charge is 0.361 e. The van der Waals surface area contributed by atoms with Crippen LogP contribution in [0.5, 0.6) is 0 Å². The number of carbonyl (C=O) groups excluding carboxylic acids is 2. The summed E-state index contributed by atoms with van der Waals surface area (Å²) in [7, 11) is 0. The number of hydrazine groups is 1. The summed E-state index contributed by atoms with van der Waals surface area (Å²) < 4.78 is 10.2. The highest BCUT2D eigenvalue weighted by Crippen LogP contribution is 2.34. The summed E-state index contributed by atoms with van der Waals surface area (Å²) in [5.41, 5.74) is 7.99. The number of hydrogen-bond acceptors (Lipinski definition) is 6. The van der Waals surface area contributed by atoms with Crippen LogP contribution in [0.25, 0.3) is 11.5 Å². The Morgan fingerprint density at radius 1 is 1.12 bits per heavy atom. The normalized spacial score (nSPS) is 15.1. The van der Waals surface area contributed by atoms with Crippen molar-refractivity contribution in [3.8, 4) is 11.5 Å². The molecule has 2 N–H and O–H groups in total. The number of nitrogens with one attached hydrogen (secondary N) is 2. The van der Waals surface area contributed by atoms with E-state index < -0.39 is 5.91 Å². The van der Waals surface area contributed by atoms with Crippen LogP contribution in [0.15, 0.2) is 39.4 Å². The summed E-state index contributed by atoms with van der Waals surface area (Å²) in [5.74, 6) is -0.268. The lowest BCUT2D eigenvalue weighted by atomic mass is 9.77. The second-order valence-electron chi connectivity index (χ2n) is 6.19. The van der Waals surface area contributed by atoms with Crippen LogP contribution in [0, 0.1) is 13.8 Å². The molecule has 0 saturated carbocycles. The van der Waals surface area contributed by atoms with E-state index in [1.54, 1.807) is 19.9 Å². The maximum atomic E-state index is 12.5. The van der Waals surface area contributed by atoms with Gasteiger partial charge in [-0.05, 0) is 31.4 Å². The molecule has 0 bridgehead atoms. The number of fused-ring (bicyclic) bond motifs is 1. The molecule has 0 radical (unpaired) electrons. The highest BCUT2D eigenvalue weighted by molar-refractivity contribution is 6.01. The highest BCUT2D eigenvalue weighted by atomic mass is 16.5. The Morgan fingerprint density at radius 2 is 1.92 bits per heavy atom. The minimum atomic E-state index is -0.527. The van der Waals surface area contributed by atoms with E-state index in [0.29, 0.717) is 23.6 Å². The fraction of sp³-hybridized carbons (Fsp3) is 0.222. The van der Waals surface area contributed by atoms with Gasteiger partial charge in [-0.1, -0.05) is 34.6 Å². The smallest absolute Gasteiger partial charge is 0.275 e. The second kappa shape index (κ2) is 6.14. The first-order valence-electron chi connectivity index (χ1n) is 8.12.